The molecule has 2 aromatic carbocycles. The molecule has 4 aromatic rings. The van der Waals surface area contributed by atoms with Crippen molar-refractivity contribution >= 4 is 22.4 Å². The Morgan fingerprint density at radius 1 is 1.04 bits per heavy atom. The van der Waals surface area contributed by atoms with Crippen molar-refractivity contribution in [2.45, 2.75) is 0 Å². The van der Waals surface area contributed by atoms with E-state index < -0.39 is 5.56 Å². The van der Waals surface area contributed by atoms with Crippen molar-refractivity contribution in [3.63, 3.8) is 0 Å². The normalized spacial score (nSPS) is 11.8. The molecular formula is C19H13N3O3S. The highest BCUT2D eigenvalue weighted by Crippen LogP contribution is 2.13. The van der Waals surface area contributed by atoms with Crippen molar-refractivity contribution in [3.8, 4) is 17.0 Å². The molecule has 0 spiro atoms. The maximum Gasteiger partial charge on any atom is 0.300 e. The number of methoxy groups -OCH3 is 1. The molecule has 0 fully saturated rings. The molecule has 0 radical (unpaired) electrons. The summed E-state index contributed by atoms with van der Waals surface area (Å²) in [5.74, 6) is 0.738. The number of thiazole rings is 1. The summed E-state index contributed by atoms with van der Waals surface area (Å²) in [5.41, 5.74) is 0.888. The number of aromatic nitrogens is 3. The van der Waals surface area contributed by atoms with Gasteiger partial charge in [-0.25, -0.2) is 0 Å². The molecule has 0 atom stereocenters. The summed E-state index contributed by atoms with van der Waals surface area (Å²) >= 11 is 1.14. The average molecular weight is 363 g/mol. The molecule has 0 unspecified atom stereocenters. The van der Waals surface area contributed by atoms with Gasteiger partial charge in [-0.3, -0.25) is 9.59 Å². The first-order valence-corrected chi connectivity index (χ1v) is 8.62. The van der Waals surface area contributed by atoms with Gasteiger partial charge < -0.3 is 4.74 Å². The molecule has 4 rings (SSSR count). The molecule has 0 bridgehead atoms. The number of hydrogen-bond donors (Lipinski definition) is 0. The average Bonchev–Trinajstić information content (AvgIpc) is 2.97. The van der Waals surface area contributed by atoms with Crippen LogP contribution in [0.25, 0.3) is 22.3 Å². The highest BCUT2D eigenvalue weighted by Gasteiger charge is 2.12. The van der Waals surface area contributed by atoms with Gasteiger partial charge in [-0.2, -0.15) is 14.6 Å². The summed E-state index contributed by atoms with van der Waals surface area (Å²) in [6.07, 6.45) is 1.75. The largest absolute Gasteiger partial charge is 0.497 e. The van der Waals surface area contributed by atoms with Gasteiger partial charge in [0, 0.05) is 5.56 Å². The number of rotatable bonds is 3. The molecule has 0 aliphatic heterocycles. The van der Waals surface area contributed by atoms with E-state index in [4.69, 9.17) is 4.74 Å². The topological polar surface area (TPSA) is 73.6 Å². The molecule has 0 saturated carbocycles. The molecule has 2 aromatic heterocycles. The SMILES string of the molecule is COc1ccc(/C=c2\sc3nc(=O)c(-c4ccccc4)nn3c2=O)cc1. The first-order chi connectivity index (χ1) is 12.7. The zero-order valence-electron chi connectivity index (χ0n) is 13.7. The van der Waals surface area contributed by atoms with E-state index in [-0.39, 0.29) is 16.2 Å². The highest BCUT2D eigenvalue weighted by molar-refractivity contribution is 7.15. The van der Waals surface area contributed by atoms with Gasteiger partial charge in [-0.15, -0.1) is 0 Å². The van der Waals surface area contributed by atoms with E-state index in [1.807, 2.05) is 30.3 Å². The van der Waals surface area contributed by atoms with Crippen molar-refractivity contribution in [1.82, 2.24) is 14.6 Å². The molecule has 128 valence electrons. The number of hydrogen-bond acceptors (Lipinski definition) is 6. The lowest BCUT2D eigenvalue weighted by molar-refractivity contribution is 0.415. The van der Waals surface area contributed by atoms with E-state index in [9.17, 15) is 9.59 Å². The molecule has 26 heavy (non-hydrogen) atoms. The van der Waals surface area contributed by atoms with Gasteiger partial charge in [0.15, 0.2) is 5.69 Å². The highest BCUT2D eigenvalue weighted by atomic mass is 32.1. The predicted molar refractivity (Wildman–Crippen MR) is 101 cm³/mol. The number of benzene rings is 2. The van der Waals surface area contributed by atoms with Gasteiger partial charge in [-0.05, 0) is 23.8 Å². The van der Waals surface area contributed by atoms with E-state index in [1.54, 1.807) is 37.5 Å². The summed E-state index contributed by atoms with van der Waals surface area (Å²) in [5, 5.41) is 4.23. The lowest BCUT2D eigenvalue weighted by Gasteiger charge is -1.98. The van der Waals surface area contributed by atoms with Gasteiger partial charge in [0.2, 0.25) is 4.96 Å². The minimum Gasteiger partial charge on any atom is -0.497 e. The molecule has 0 N–H and O–H groups in total. The summed E-state index contributed by atoms with van der Waals surface area (Å²) in [7, 11) is 1.60. The predicted octanol–water partition coefficient (Wildman–Crippen LogP) is 1.73. The van der Waals surface area contributed by atoms with E-state index in [0.29, 0.717) is 10.1 Å². The molecule has 0 saturated heterocycles. The van der Waals surface area contributed by atoms with Crippen LogP contribution in [0.5, 0.6) is 5.75 Å². The second-order valence-electron chi connectivity index (χ2n) is 5.51. The van der Waals surface area contributed by atoms with Crippen LogP contribution in [0, 0.1) is 0 Å². The molecule has 6 nitrogen and oxygen atoms in total. The van der Waals surface area contributed by atoms with E-state index in [2.05, 4.69) is 10.1 Å². The van der Waals surface area contributed by atoms with Crippen LogP contribution in [0.3, 0.4) is 0 Å². The number of fused-ring (bicyclic) bond motifs is 1. The summed E-state index contributed by atoms with van der Waals surface area (Å²) in [6, 6.07) is 16.3. The van der Waals surface area contributed by atoms with Gasteiger partial charge in [0.25, 0.3) is 5.56 Å². The maximum atomic E-state index is 12.7. The third-order valence-electron chi connectivity index (χ3n) is 3.85. The van der Waals surface area contributed by atoms with Crippen LogP contribution in [0.4, 0.5) is 0 Å². The summed E-state index contributed by atoms with van der Waals surface area (Å²) in [4.78, 5) is 29.2. The quantitative estimate of drug-likeness (QED) is 0.554. The second-order valence-corrected chi connectivity index (χ2v) is 6.52. The number of ether oxygens (including phenoxy) is 1. The zero-order chi connectivity index (χ0) is 18.1. The Labute approximate surface area is 151 Å². The van der Waals surface area contributed by atoms with Gasteiger partial charge in [0.05, 0.1) is 11.6 Å². The standard InChI is InChI=1S/C19H13N3O3S/c1-25-14-9-7-12(8-10-14)11-15-18(24)22-19(26-15)20-17(23)16(21-22)13-5-3-2-4-6-13/h2-11H,1H3/b15-11-. The lowest BCUT2D eigenvalue weighted by Crippen LogP contribution is -2.26. The Morgan fingerprint density at radius 2 is 1.77 bits per heavy atom. The monoisotopic (exact) mass is 363 g/mol. The van der Waals surface area contributed by atoms with Crippen molar-refractivity contribution in [3.05, 3.63) is 85.4 Å². The van der Waals surface area contributed by atoms with E-state index in [0.717, 1.165) is 22.6 Å². The van der Waals surface area contributed by atoms with Crippen molar-refractivity contribution in [2.24, 2.45) is 0 Å². The smallest absolute Gasteiger partial charge is 0.300 e. The van der Waals surface area contributed by atoms with Crippen LogP contribution < -0.4 is 20.4 Å². The van der Waals surface area contributed by atoms with Crippen LogP contribution in [0.15, 0.2) is 64.2 Å². The Bertz CT molecular complexity index is 1250. The second kappa shape index (κ2) is 6.53. The summed E-state index contributed by atoms with van der Waals surface area (Å²) < 4.78 is 6.77. The van der Waals surface area contributed by atoms with Crippen LogP contribution in [0.2, 0.25) is 0 Å². The van der Waals surface area contributed by atoms with Crippen molar-refractivity contribution < 1.29 is 4.74 Å². The third kappa shape index (κ3) is 2.89. The Kier molecular flexibility index (Phi) is 4.06. The molecule has 0 aliphatic rings. The number of nitrogens with zero attached hydrogens (tertiary/aromatic N) is 3. The minimum absolute atomic E-state index is 0.161. The fraction of sp³-hybridized carbons (Fsp3) is 0.0526. The van der Waals surface area contributed by atoms with Gasteiger partial charge in [0.1, 0.15) is 5.75 Å². The Hall–Kier alpha value is -3.32. The molecule has 2 heterocycles. The third-order valence-corrected chi connectivity index (χ3v) is 4.81. The maximum absolute atomic E-state index is 12.7. The molecule has 0 amide bonds. The fourth-order valence-corrected chi connectivity index (χ4v) is 3.44. The van der Waals surface area contributed by atoms with Gasteiger partial charge in [-0.1, -0.05) is 53.8 Å². The first kappa shape index (κ1) is 16.2. The van der Waals surface area contributed by atoms with Crippen LogP contribution >= 0.6 is 11.3 Å². The van der Waals surface area contributed by atoms with Crippen molar-refractivity contribution in [1.29, 1.82) is 0 Å². The first-order valence-electron chi connectivity index (χ1n) is 7.81. The van der Waals surface area contributed by atoms with Crippen LogP contribution in [0.1, 0.15) is 5.56 Å². The lowest BCUT2D eigenvalue weighted by atomic mass is 10.2. The van der Waals surface area contributed by atoms with Crippen LogP contribution in [-0.4, -0.2) is 21.7 Å². The molecular weight excluding hydrogens is 350 g/mol. The Morgan fingerprint density at radius 3 is 2.46 bits per heavy atom. The fourth-order valence-electron chi connectivity index (χ4n) is 2.54. The van der Waals surface area contributed by atoms with Crippen molar-refractivity contribution in [2.75, 3.05) is 7.11 Å². The van der Waals surface area contributed by atoms with E-state index in [1.165, 1.54) is 4.52 Å². The van der Waals surface area contributed by atoms with E-state index >= 15 is 0 Å². The summed E-state index contributed by atoms with van der Waals surface area (Å²) in [6.45, 7) is 0. The Balaban J connectivity index is 1.88. The minimum atomic E-state index is -0.451. The van der Waals surface area contributed by atoms with Gasteiger partial charge >= 0.3 is 5.56 Å². The molecule has 7 heteroatoms. The van der Waals surface area contributed by atoms with Crippen LogP contribution in [-0.2, 0) is 0 Å². The zero-order valence-corrected chi connectivity index (χ0v) is 14.6. The molecule has 0 aliphatic carbocycles.